The SMILES string of the molecule is CNC(=O)[C@@]1(Cc2ccccc2-c2ccc(F)cc2)CN(C(=O)COC)CCO1. The van der Waals surface area contributed by atoms with Crippen LogP contribution in [0.4, 0.5) is 4.39 Å². The van der Waals surface area contributed by atoms with Gasteiger partial charge in [-0.05, 0) is 28.8 Å². The fraction of sp³-hybridized carbons (Fsp3) is 0.364. The van der Waals surface area contributed by atoms with Crippen LogP contribution in [-0.4, -0.2) is 62.8 Å². The molecule has 2 aromatic rings. The maximum Gasteiger partial charge on any atom is 0.254 e. The summed E-state index contributed by atoms with van der Waals surface area (Å²) in [6.45, 7) is 0.741. The third-order valence-corrected chi connectivity index (χ3v) is 5.10. The van der Waals surface area contributed by atoms with Crippen LogP contribution in [0.25, 0.3) is 11.1 Å². The van der Waals surface area contributed by atoms with E-state index in [4.69, 9.17) is 9.47 Å². The summed E-state index contributed by atoms with van der Waals surface area (Å²) < 4.78 is 24.3. The first-order valence-corrected chi connectivity index (χ1v) is 9.46. The molecule has 29 heavy (non-hydrogen) atoms. The van der Waals surface area contributed by atoms with E-state index in [1.54, 1.807) is 24.1 Å². The zero-order chi connectivity index (χ0) is 20.9. The van der Waals surface area contributed by atoms with Gasteiger partial charge in [-0.2, -0.15) is 0 Å². The number of amides is 2. The molecule has 2 amide bonds. The number of morpholine rings is 1. The van der Waals surface area contributed by atoms with Gasteiger partial charge in [0, 0.05) is 27.1 Å². The molecule has 0 radical (unpaired) electrons. The lowest BCUT2D eigenvalue weighted by Crippen LogP contribution is -2.62. The van der Waals surface area contributed by atoms with E-state index in [1.165, 1.54) is 19.2 Å². The average Bonchev–Trinajstić information content (AvgIpc) is 2.74. The maximum atomic E-state index is 13.3. The number of carbonyl (C=O) groups is 2. The normalized spacial score (nSPS) is 19.1. The molecule has 1 aliphatic rings. The van der Waals surface area contributed by atoms with Gasteiger partial charge in [-0.1, -0.05) is 36.4 Å². The summed E-state index contributed by atoms with van der Waals surface area (Å²) in [5, 5.41) is 2.67. The summed E-state index contributed by atoms with van der Waals surface area (Å²) in [5.41, 5.74) is 1.40. The molecule has 3 rings (SSSR count). The Kier molecular flexibility index (Phi) is 6.61. The molecule has 1 N–H and O–H groups in total. The van der Waals surface area contributed by atoms with Crippen molar-refractivity contribution in [1.29, 1.82) is 0 Å². The zero-order valence-electron chi connectivity index (χ0n) is 16.6. The number of likely N-dealkylation sites (N-methyl/N-ethyl adjacent to an activating group) is 1. The Labute approximate surface area is 169 Å². The Balaban J connectivity index is 1.95. The first-order chi connectivity index (χ1) is 14.0. The molecule has 1 atom stereocenters. The molecular weight excluding hydrogens is 375 g/mol. The summed E-state index contributed by atoms with van der Waals surface area (Å²) in [7, 11) is 3.01. The highest BCUT2D eigenvalue weighted by Crippen LogP contribution is 2.30. The predicted octanol–water partition coefficient (Wildman–Crippen LogP) is 2.03. The first kappa shape index (κ1) is 21.0. The molecule has 0 saturated carbocycles. The van der Waals surface area contributed by atoms with Crippen molar-refractivity contribution in [3.63, 3.8) is 0 Å². The van der Waals surface area contributed by atoms with Gasteiger partial charge in [0.15, 0.2) is 5.60 Å². The van der Waals surface area contributed by atoms with Crippen LogP contribution >= 0.6 is 0 Å². The molecule has 6 nitrogen and oxygen atoms in total. The Morgan fingerprint density at radius 2 is 1.93 bits per heavy atom. The van der Waals surface area contributed by atoms with Crippen molar-refractivity contribution in [2.45, 2.75) is 12.0 Å². The van der Waals surface area contributed by atoms with Gasteiger partial charge in [0.2, 0.25) is 5.91 Å². The Hall–Kier alpha value is -2.77. The van der Waals surface area contributed by atoms with Gasteiger partial charge in [-0.15, -0.1) is 0 Å². The molecule has 154 valence electrons. The lowest BCUT2D eigenvalue weighted by atomic mass is 9.87. The van der Waals surface area contributed by atoms with Crippen molar-refractivity contribution in [2.24, 2.45) is 0 Å². The molecule has 1 heterocycles. The van der Waals surface area contributed by atoms with E-state index in [2.05, 4.69) is 5.32 Å². The largest absolute Gasteiger partial charge is 0.375 e. The molecule has 0 aliphatic carbocycles. The molecule has 1 saturated heterocycles. The first-order valence-electron chi connectivity index (χ1n) is 9.46. The lowest BCUT2D eigenvalue weighted by Gasteiger charge is -2.41. The fourth-order valence-corrected chi connectivity index (χ4v) is 3.66. The van der Waals surface area contributed by atoms with E-state index in [0.717, 1.165) is 16.7 Å². The van der Waals surface area contributed by atoms with E-state index < -0.39 is 5.60 Å². The molecule has 1 fully saturated rings. The van der Waals surface area contributed by atoms with Gasteiger partial charge >= 0.3 is 0 Å². The van der Waals surface area contributed by atoms with Gasteiger partial charge in [-0.25, -0.2) is 4.39 Å². The second-order valence-electron chi connectivity index (χ2n) is 7.01. The van der Waals surface area contributed by atoms with Gasteiger partial charge in [-0.3, -0.25) is 9.59 Å². The minimum Gasteiger partial charge on any atom is -0.375 e. The van der Waals surface area contributed by atoms with Crippen LogP contribution in [0.1, 0.15) is 5.56 Å². The molecule has 7 heteroatoms. The van der Waals surface area contributed by atoms with E-state index in [-0.39, 0.29) is 43.8 Å². The number of hydrogen-bond donors (Lipinski definition) is 1. The Bertz CT molecular complexity index is 871. The van der Waals surface area contributed by atoms with E-state index in [0.29, 0.717) is 6.54 Å². The quantitative estimate of drug-likeness (QED) is 0.806. The number of hydrogen-bond acceptors (Lipinski definition) is 4. The van der Waals surface area contributed by atoms with Crippen molar-refractivity contribution in [3.8, 4) is 11.1 Å². The van der Waals surface area contributed by atoms with E-state index in [1.807, 2.05) is 24.3 Å². The molecule has 0 bridgehead atoms. The highest BCUT2D eigenvalue weighted by atomic mass is 19.1. The monoisotopic (exact) mass is 400 g/mol. The standard InChI is InChI=1S/C22H25FN2O4/c1-24-21(27)22(15-25(11-12-29-22)20(26)14-28-2)13-17-5-3-4-6-19(17)16-7-9-18(23)10-8-16/h3-10H,11-15H2,1-2H3,(H,24,27)/t22-/m1/s1. The van der Waals surface area contributed by atoms with Gasteiger partial charge < -0.3 is 19.7 Å². The van der Waals surface area contributed by atoms with Crippen molar-refractivity contribution >= 4 is 11.8 Å². The number of benzene rings is 2. The third-order valence-electron chi connectivity index (χ3n) is 5.10. The van der Waals surface area contributed by atoms with E-state index >= 15 is 0 Å². The summed E-state index contributed by atoms with van der Waals surface area (Å²) in [5.74, 6) is -0.784. The highest BCUT2D eigenvalue weighted by Gasteiger charge is 2.45. The van der Waals surface area contributed by atoms with E-state index in [9.17, 15) is 14.0 Å². The van der Waals surface area contributed by atoms with Gasteiger partial charge in [0.05, 0.1) is 13.2 Å². The van der Waals surface area contributed by atoms with Crippen LogP contribution in [0.3, 0.4) is 0 Å². The Morgan fingerprint density at radius 3 is 2.62 bits per heavy atom. The van der Waals surface area contributed by atoms with Crippen LogP contribution in [-0.2, 0) is 25.5 Å². The predicted molar refractivity (Wildman–Crippen MR) is 107 cm³/mol. The van der Waals surface area contributed by atoms with Crippen LogP contribution in [0.15, 0.2) is 48.5 Å². The number of halogens is 1. The second kappa shape index (κ2) is 9.15. The minimum absolute atomic E-state index is 0.0456. The van der Waals surface area contributed by atoms with Gasteiger partial charge in [0.1, 0.15) is 12.4 Å². The van der Waals surface area contributed by atoms with Crippen LogP contribution in [0.2, 0.25) is 0 Å². The number of methoxy groups -OCH3 is 1. The second-order valence-corrected chi connectivity index (χ2v) is 7.01. The fourth-order valence-electron chi connectivity index (χ4n) is 3.66. The van der Waals surface area contributed by atoms with Crippen molar-refractivity contribution < 1.29 is 23.5 Å². The molecule has 0 spiro atoms. The zero-order valence-corrected chi connectivity index (χ0v) is 16.6. The third kappa shape index (κ3) is 4.63. The number of rotatable bonds is 6. The van der Waals surface area contributed by atoms with Crippen LogP contribution < -0.4 is 5.32 Å². The molecule has 0 aromatic heterocycles. The minimum atomic E-state index is -1.22. The smallest absolute Gasteiger partial charge is 0.254 e. The van der Waals surface area contributed by atoms with Crippen molar-refractivity contribution in [3.05, 3.63) is 59.9 Å². The van der Waals surface area contributed by atoms with Gasteiger partial charge in [0.25, 0.3) is 5.91 Å². The molecule has 0 unspecified atom stereocenters. The molecular formula is C22H25FN2O4. The summed E-state index contributed by atoms with van der Waals surface area (Å²) >= 11 is 0. The summed E-state index contributed by atoms with van der Waals surface area (Å²) in [6.07, 6.45) is 0.275. The average molecular weight is 400 g/mol. The Morgan fingerprint density at radius 1 is 1.21 bits per heavy atom. The number of carbonyl (C=O) groups excluding carboxylic acids is 2. The number of ether oxygens (including phenoxy) is 2. The molecule has 1 aliphatic heterocycles. The van der Waals surface area contributed by atoms with Crippen LogP contribution in [0, 0.1) is 5.82 Å². The topological polar surface area (TPSA) is 67.9 Å². The van der Waals surface area contributed by atoms with Crippen molar-refractivity contribution in [1.82, 2.24) is 10.2 Å². The number of nitrogens with zero attached hydrogens (tertiary/aromatic N) is 1. The summed E-state index contributed by atoms with van der Waals surface area (Å²) in [4.78, 5) is 26.8. The molecule has 2 aromatic carbocycles. The highest BCUT2D eigenvalue weighted by molar-refractivity contribution is 5.87. The number of nitrogens with one attached hydrogen (secondary N) is 1. The van der Waals surface area contributed by atoms with Crippen molar-refractivity contribution in [2.75, 3.05) is 40.5 Å². The maximum absolute atomic E-state index is 13.3. The lowest BCUT2D eigenvalue weighted by molar-refractivity contribution is -0.167. The van der Waals surface area contributed by atoms with Crippen LogP contribution in [0.5, 0.6) is 0 Å². The summed E-state index contributed by atoms with van der Waals surface area (Å²) in [6, 6.07) is 13.8.